The fourth-order valence-electron chi connectivity index (χ4n) is 2.46. The lowest BCUT2D eigenvalue weighted by atomic mass is 10.1. The summed E-state index contributed by atoms with van der Waals surface area (Å²) in [4.78, 5) is 12.2. The predicted octanol–water partition coefficient (Wildman–Crippen LogP) is 2.38. The van der Waals surface area contributed by atoms with Crippen LogP contribution in [0.5, 0.6) is 0 Å². The Hall–Kier alpha value is -2.04. The molecule has 0 amide bonds. The molecule has 0 aliphatic carbocycles. The zero-order chi connectivity index (χ0) is 14.2. The quantitative estimate of drug-likeness (QED) is 0.471. The molecule has 5 heteroatoms. The number of hydrogen-bond donors (Lipinski definition) is 1. The van der Waals surface area contributed by atoms with Crippen molar-refractivity contribution in [3.05, 3.63) is 58.0 Å². The van der Waals surface area contributed by atoms with Crippen LogP contribution in [0.2, 0.25) is 0 Å². The number of nitro groups is 1. The predicted molar refractivity (Wildman–Crippen MR) is 78.7 cm³/mol. The molecule has 108 valence electrons. The van der Waals surface area contributed by atoms with Crippen molar-refractivity contribution in [2.45, 2.75) is 25.7 Å². The minimum atomic E-state index is -0.393. The Morgan fingerprint density at radius 3 is 2.80 bits per heavy atom. The Labute approximate surface area is 119 Å². The summed E-state index contributed by atoms with van der Waals surface area (Å²) in [6.07, 6.45) is 5.56. The summed E-state index contributed by atoms with van der Waals surface area (Å²) in [6.45, 7) is 2.55. The van der Waals surface area contributed by atoms with Crippen LogP contribution < -0.4 is 5.32 Å². The lowest BCUT2D eigenvalue weighted by molar-refractivity contribution is -0.404. The molecule has 2 rings (SSSR count). The van der Waals surface area contributed by atoms with Gasteiger partial charge in [-0.3, -0.25) is 10.1 Å². The minimum Gasteiger partial charge on any atom is -0.365 e. The molecule has 1 aliphatic rings. The van der Waals surface area contributed by atoms with Crippen molar-refractivity contribution in [3.8, 4) is 0 Å². The fraction of sp³-hybridized carbons (Fsp3) is 0.467. The third kappa shape index (κ3) is 4.57. The van der Waals surface area contributed by atoms with Crippen LogP contribution in [0.3, 0.4) is 0 Å². The maximum Gasteiger partial charge on any atom is 0.274 e. The molecule has 20 heavy (non-hydrogen) atoms. The van der Waals surface area contributed by atoms with Gasteiger partial charge in [0.25, 0.3) is 6.20 Å². The molecule has 0 radical (unpaired) electrons. The maximum atomic E-state index is 10.5. The first kappa shape index (κ1) is 14.4. The van der Waals surface area contributed by atoms with Gasteiger partial charge in [-0.1, -0.05) is 36.8 Å². The zero-order valence-electron chi connectivity index (χ0n) is 11.6. The number of benzene rings is 1. The molecule has 1 aromatic carbocycles. The van der Waals surface area contributed by atoms with E-state index < -0.39 is 4.92 Å². The fourth-order valence-corrected chi connectivity index (χ4v) is 2.46. The van der Waals surface area contributed by atoms with Gasteiger partial charge in [0.2, 0.25) is 0 Å². The summed E-state index contributed by atoms with van der Waals surface area (Å²) < 4.78 is 0. The summed E-state index contributed by atoms with van der Waals surface area (Å²) in [7, 11) is 0. The first-order valence-corrected chi connectivity index (χ1v) is 7.14. The third-order valence-electron chi connectivity index (χ3n) is 3.49. The van der Waals surface area contributed by atoms with Gasteiger partial charge in [0.15, 0.2) is 5.82 Å². The largest absolute Gasteiger partial charge is 0.365 e. The number of nitrogens with one attached hydrogen (secondary N) is 1. The van der Waals surface area contributed by atoms with Crippen molar-refractivity contribution >= 4 is 0 Å². The van der Waals surface area contributed by atoms with E-state index in [1.54, 1.807) is 0 Å². The van der Waals surface area contributed by atoms with Gasteiger partial charge in [0.05, 0.1) is 4.92 Å². The molecule has 1 heterocycles. The summed E-state index contributed by atoms with van der Waals surface area (Å²) >= 11 is 0. The van der Waals surface area contributed by atoms with Crippen LogP contribution in [0.4, 0.5) is 0 Å². The van der Waals surface area contributed by atoms with Gasteiger partial charge in [-0.25, -0.2) is 0 Å². The molecular formula is C15H21N3O2. The van der Waals surface area contributed by atoms with E-state index in [1.807, 2.05) is 6.07 Å². The van der Waals surface area contributed by atoms with E-state index in [1.165, 1.54) is 12.0 Å². The van der Waals surface area contributed by atoms with Crippen LogP contribution in [0, 0.1) is 10.1 Å². The smallest absolute Gasteiger partial charge is 0.274 e. The van der Waals surface area contributed by atoms with Gasteiger partial charge >= 0.3 is 0 Å². The standard InChI is InChI=1S/C15H21N3O2/c19-18(20)13-15-16-10-12-17(15)11-6-2-5-9-14-7-3-1-4-8-14/h1,3-4,7-8,13,16H,2,5-6,9-12H2/b15-13+. The molecule has 1 N–H and O–H groups in total. The van der Waals surface area contributed by atoms with E-state index in [4.69, 9.17) is 0 Å². The molecule has 1 saturated heterocycles. The zero-order valence-corrected chi connectivity index (χ0v) is 11.6. The lowest BCUT2D eigenvalue weighted by Crippen LogP contribution is -2.22. The van der Waals surface area contributed by atoms with E-state index >= 15 is 0 Å². The molecule has 1 aromatic rings. The van der Waals surface area contributed by atoms with Crippen LogP contribution in [0.15, 0.2) is 42.4 Å². The Bertz CT molecular complexity index is 459. The Morgan fingerprint density at radius 2 is 2.05 bits per heavy atom. The third-order valence-corrected chi connectivity index (χ3v) is 3.49. The van der Waals surface area contributed by atoms with Crippen molar-refractivity contribution in [1.29, 1.82) is 0 Å². The van der Waals surface area contributed by atoms with E-state index in [9.17, 15) is 10.1 Å². The number of aryl methyl sites for hydroxylation is 1. The molecule has 0 atom stereocenters. The van der Waals surface area contributed by atoms with Gasteiger partial charge in [0, 0.05) is 19.6 Å². The van der Waals surface area contributed by atoms with Crippen LogP contribution in [0.1, 0.15) is 24.8 Å². The molecule has 5 nitrogen and oxygen atoms in total. The normalized spacial score (nSPS) is 16.4. The van der Waals surface area contributed by atoms with E-state index in [0.29, 0.717) is 5.82 Å². The average Bonchev–Trinajstić information content (AvgIpc) is 2.86. The van der Waals surface area contributed by atoms with Gasteiger partial charge in [-0.15, -0.1) is 0 Å². The van der Waals surface area contributed by atoms with Crippen LogP contribution in [0.25, 0.3) is 0 Å². The van der Waals surface area contributed by atoms with Crippen molar-refractivity contribution in [2.75, 3.05) is 19.6 Å². The minimum absolute atomic E-state index is 0.393. The molecule has 0 saturated carbocycles. The number of nitrogens with zero attached hydrogens (tertiary/aromatic N) is 2. The lowest BCUT2D eigenvalue weighted by Gasteiger charge is -2.16. The molecular weight excluding hydrogens is 254 g/mol. The van der Waals surface area contributed by atoms with Crippen LogP contribution >= 0.6 is 0 Å². The summed E-state index contributed by atoms with van der Waals surface area (Å²) in [5.74, 6) is 0.651. The monoisotopic (exact) mass is 275 g/mol. The molecule has 0 bridgehead atoms. The van der Waals surface area contributed by atoms with E-state index in [2.05, 4.69) is 34.5 Å². The highest BCUT2D eigenvalue weighted by molar-refractivity contribution is 5.14. The molecule has 0 aromatic heterocycles. The number of rotatable bonds is 7. The highest BCUT2D eigenvalue weighted by Gasteiger charge is 2.18. The van der Waals surface area contributed by atoms with Crippen molar-refractivity contribution in [2.24, 2.45) is 0 Å². The molecule has 0 spiro atoms. The Morgan fingerprint density at radius 1 is 1.25 bits per heavy atom. The van der Waals surface area contributed by atoms with Crippen molar-refractivity contribution in [3.63, 3.8) is 0 Å². The van der Waals surface area contributed by atoms with E-state index in [-0.39, 0.29) is 0 Å². The molecule has 1 aliphatic heterocycles. The maximum absolute atomic E-state index is 10.5. The van der Waals surface area contributed by atoms with Crippen molar-refractivity contribution < 1.29 is 4.92 Å². The summed E-state index contributed by atoms with van der Waals surface area (Å²) in [5, 5.41) is 13.5. The SMILES string of the molecule is O=[N+]([O-])/C=C1\NCCN1CCCCCc1ccccc1. The van der Waals surface area contributed by atoms with Gasteiger partial charge in [-0.2, -0.15) is 0 Å². The second-order valence-corrected chi connectivity index (χ2v) is 5.01. The number of hydrogen-bond acceptors (Lipinski definition) is 4. The highest BCUT2D eigenvalue weighted by atomic mass is 16.6. The van der Waals surface area contributed by atoms with Crippen molar-refractivity contribution in [1.82, 2.24) is 10.2 Å². The first-order chi connectivity index (χ1) is 9.75. The van der Waals surface area contributed by atoms with E-state index in [0.717, 1.165) is 45.1 Å². The summed E-state index contributed by atoms with van der Waals surface area (Å²) in [6, 6.07) is 10.5. The van der Waals surface area contributed by atoms with Crippen LogP contribution in [-0.4, -0.2) is 29.5 Å². The van der Waals surface area contributed by atoms with Gasteiger partial charge in [-0.05, 0) is 24.8 Å². The number of unbranched alkanes of at least 4 members (excludes halogenated alkanes) is 2. The summed E-state index contributed by atoms with van der Waals surface area (Å²) in [5.41, 5.74) is 1.38. The first-order valence-electron chi connectivity index (χ1n) is 7.14. The second kappa shape index (κ2) is 7.53. The Kier molecular flexibility index (Phi) is 5.41. The van der Waals surface area contributed by atoms with Gasteiger partial charge in [0.1, 0.15) is 0 Å². The topological polar surface area (TPSA) is 58.4 Å². The average molecular weight is 275 g/mol. The van der Waals surface area contributed by atoms with Gasteiger partial charge < -0.3 is 10.2 Å². The molecule has 1 fully saturated rings. The highest BCUT2D eigenvalue weighted by Crippen LogP contribution is 2.11. The second-order valence-electron chi connectivity index (χ2n) is 5.01. The Balaban J connectivity index is 1.65. The van der Waals surface area contributed by atoms with Crippen LogP contribution in [-0.2, 0) is 6.42 Å². The molecule has 0 unspecified atom stereocenters.